The highest BCUT2D eigenvalue weighted by molar-refractivity contribution is 9.10. The van der Waals surface area contributed by atoms with Crippen LogP contribution in [0.15, 0.2) is 53.0 Å². The normalized spacial score (nSPS) is 10.2. The van der Waals surface area contributed by atoms with Gasteiger partial charge >= 0.3 is 0 Å². The lowest BCUT2D eigenvalue weighted by Gasteiger charge is -2.17. The molecule has 0 aliphatic heterocycles. The van der Waals surface area contributed by atoms with Crippen molar-refractivity contribution in [3.63, 3.8) is 0 Å². The molecule has 0 spiro atoms. The summed E-state index contributed by atoms with van der Waals surface area (Å²) in [5.41, 5.74) is 8.14. The fraction of sp³-hybridized carbons (Fsp3) is 0.133. The number of benzene rings is 2. The van der Waals surface area contributed by atoms with E-state index in [9.17, 15) is 4.79 Å². The summed E-state index contributed by atoms with van der Waals surface area (Å²) < 4.78 is 0.961. The minimum atomic E-state index is -0.00470. The van der Waals surface area contributed by atoms with Crippen molar-refractivity contribution < 1.29 is 4.79 Å². The van der Waals surface area contributed by atoms with Gasteiger partial charge in [0.1, 0.15) is 0 Å². The van der Waals surface area contributed by atoms with Gasteiger partial charge in [-0.2, -0.15) is 0 Å². The molecular weight excluding hydrogens is 304 g/mol. The molecule has 98 valence electrons. The molecule has 2 aromatic carbocycles. The number of hydrogen-bond donors (Lipinski definition) is 1. The lowest BCUT2D eigenvalue weighted by molar-refractivity contribution is 0.0785. The summed E-state index contributed by atoms with van der Waals surface area (Å²) in [6.45, 7) is 0.542. The van der Waals surface area contributed by atoms with Crippen LogP contribution in [-0.4, -0.2) is 17.9 Å². The number of nitrogens with zero attached hydrogens (tertiary/aromatic N) is 1. The van der Waals surface area contributed by atoms with Gasteiger partial charge in [0.05, 0.1) is 0 Å². The van der Waals surface area contributed by atoms with Gasteiger partial charge in [0.2, 0.25) is 0 Å². The molecule has 0 aromatic heterocycles. The maximum absolute atomic E-state index is 12.2. The van der Waals surface area contributed by atoms with Crippen LogP contribution in [0.2, 0.25) is 0 Å². The molecule has 19 heavy (non-hydrogen) atoms. The lowest BCUT2D eigenvalue weighted by atomic mass is 10.1. The Morgan fingerprint density at radius 2 is 1.89 bits per heavy atom. The molecule has 3 nitrogen and oxygen atoms in total. The van der Waals surface area contributed by atoms with E-state index in [0.717, 1.165) is 10.0 Å². The quantitative estimate of drug-likeness (QED) is 0.882. The predicted octanol–water partition coefficient (Wildman–Crippen LogP) is 3.30. The first-order valence-corrected chi connectivity index (χ1v) is 6.71. The summed E-state index contributed by atoms with van der Waals surface area (Å²) >= 11 is 3.35. The highest BCUT2D eigenvalue weighted by Crippen LogP contribution is 2.14. The molecule has 0 radical (unpaired) electrons. The Morgan fingerprint density at radius 1 is 1.21 bits per heavy atom. The van der Waals surface area contributed by atoms with Crippen LogP contribution in [-0.2, 0) is 6.54 Å². The van der Waals surface area contributed by atoms with Crippen LogP contribution >= 0.6 is 15.9 Å². The number of carbonyl (C=O) groups excluding carboxylic acids is 1. The van der Waals surface area contributed by atoms with Crippen molar-refractivity contribution >= 4 is 27.5 Å². The Bertz CT molecular complexity index is 581. The van der Waals surface area contributed by atoms with Crippen molar-refractivity contribution in [2.24, 2.45) is 0 Å². The smallest absolute Gasteiger partial charge is 0.253 e. The molecule has 0 bridgehead atoms. The molecule has 0 aliphatic carbocycles. The number of amides is 1. The summed E-state index contributed by atoms with van der Waals surface area (Å²) in [6, 6.07) is 14.9. The van der Waals surface area contributed by atoms with Gasteiger partial charge < -0.3 is 10.6 Å². The fourth-order valence-electron chi connectivity index (χ4n) is 1.85. The van der Waals surface area contributed by atoms with Crippen LogP contribution in [0, 0.1) is 0 Å². The Kier molecular flexibility index (Phi) is 4.22. The zero-order chi connectivity index (χ0) is 13.8. The van der Waals surface area contributed by atoms with E-state index in [2.05, 4.69) is 15.9 Å². The average Bonchev–Trinajstić information content (AvgIpc) is 2.39. The van der Waals surface area contributed by atoms with Gasteiger partial charge in [0.25, 0.3) is 5.91 Å². The summed E-state index contributed by atoms with van der Waals surface area (Å²) in [5.74, 6) is -0.00470. The minimum absolute atomic E-state index is 0.00470. The second kappa shape index (κ2) is 5.89. The van der Waals surface area contributed by atoms with Crippen molar-refractivity contribution in [2.75, 3.05) is 12.8 Å². The van der Waals surface area contributed by atoms with Gasteiger partial charge in [-0.3, -0.25) is 4.79 Å². The summed E-state index contributed by atoms with van der Waals surface area (Å²) in [7, 11) is 1.79. The monoisotopic (exact) mass is 318 g/mol. The van der Waals surface area contributed by atoms with Crippen molar-refractivity contribution in [1.82, 2.24) is 4.90 Å². The van der Waals surface area contributed by atoms with E-state index in [1.54, 1.807) is 11.9 Å². The maximum Gasteiger partial charge on any atom is 0.253 e. The Hall–Kier alpha value is -1.81. The number of rotatable bonds is 3. The molecule has 0 heterocycles. The predicted molar refractivity (Wildman–Crippen MR) is 80.8 cm³/mol. The lowest BCUT2D eigenvalue weighted by Crippen LogP contribution is -2.26. The maximum atomic E-state index is 12.2. The molecule has 0 atom stereocenters. The first kappa shape index (κ1) is 13.6. The molecule has 2 rings (SSSR count). The number of halogens is 1. The highest BCUT2D eigenvalue weighted by atomic mass is 79.9. The van der Waals surface area contributed by atoms with E-state index in [-0.39, 0.29) is 5.91 Å². The second-order valence-electron chi connectivity index (χ2n) is 4.41. The number of carbonyl (C=O) groups is 1. The standard InChI is InChI=1S/C15H15BrN2O/c1-18(10-11-3-2-4-14(17)9-11)15(19)12-5-7-13(16)8-6-12/h2-9H,10,17H2,1H3. The third-order valence-corrected chi connectivity index (χ3v) is 3.34. The molecule has 1 amide bonds. The zero-order valence-corrected chi connectivity index (χ0v) is 12.2. The van der Waals surface area contributed by atoms with Crippen molar-refractivity contribution in [2.45, 2.75) is 6.54 Å². The number of nitrogen functional groups attached to an aromatic ring is 1. The molecular formula is C15H15BrN2O. The van der Waals surface area contributed by atoms with Gasteiger partial charge in [0.15, 0.2) is 0 Å². The van der Waals surface area contributed by atoms with Crippen molar-refractivity contribution in [3.05, 3.63) is 64.1 Å². The molecule has 4 heteroatoms. The van der Waals surface area contributed by atoms with Crippen molar-refractivity contribution in [1.29, 1.82) is 0 Å². The Labute approximate surface area is 121 Å². The van der Waals surface area contributed by atoms with Crippen LogP contribution in [0.3, 0.4) is 0 Å². The second-order valence-corrected chi connectivity index (χ2v) is 5.33. The highest BCUT2D eigenvalue weighted by Gasteiger charge is 2.11. The van der Waals surface area contributed by atoms with Crippen LogP contribution in [0.25, 0.3) is 0 Å². The molecule has 2 aromatic rings. The Morgan fingerprint density at radius 3 is 2.53 bits per heavy atom. The number of hydrogen-bond acceptors (Lipinski definition) is 2. The molecule has 0 saturated heterocycles. The van der Waals surface area contributed by atoms with E-state index >= 15 is 0 Å². The first-order valence-electron chi connectivity index (χ1n) is 5.92. The van der Waals surface area contributed by atoms with E-state index in [1.807, 2.05) is 48.5 Å². The SMILES string of the molecule is CN(Cc1cccc(N)c1)C(=O)c1ccc(Br)cc1. The molecule has 0 fully saturated rings. The topological polar surface area (TPSA) is 46.3 Å². The van der Waals surface area contributed by atoms with Gasteiger partial charge in [-0.25, -0.2) is 0 Å². The van der Waals surface area contributed by atoms with Crippen molar-refractivity contribution in [3.8, 4) is 0 Å². The van der Waals surface area contributed by atoms with Crippen LogP contribution in [0.5, 0.6) is 0 Å². The van der Waals surface area contributed by atoms with E-state index in [0.29, 0.717) is 17.8 Å². The van der Waals surface area contributed by atoms with E-state index in [1.165, 1.54) is 0 Å². The third kappa shape index (κ3) is 3.58. The molecule has 0 saturated carbocycles. The summed E-state index contributed by atoms with van der Waals surface area (Å²) in [5, 5.41) is 0. The first-order chi connectivity index (χ1) is 9.06. The molecule has 2 N–H and O–H groups in total. The zero-order valence-electron chi connectivity index (χ0n) is 10.6. The average molecular weight is 319 g/mol. The Balaban J connectivity index is 2.09. The molecule has 0 unspecified atom stereocenters. The van der Waals surface area contributed by atoms with E-state index < -0.39 is 0 Å². The number of nitrogens with two attached hydrogens (primary N) is 1. The minimum Gasteiger partial charge on any atom is -0.399 e. The van der Waals surface area contributed by atoms with Gasteiger partial charge in [0, 0.05) is 29.3 Å². The van der Waals surface area contributed by atoms with Gasteiger partial charge in [-0.05, 0) is 42.0 Å². The number of anilines is 1. The third-order valence-electron chi connectivity index (χ3n) is 2.81. The largest absolute Gasteiger partial charge is 0.399 e. The van der Waals surface area contributed by atoms with Crippen LogP contribution < -0.4 is 5.73 Å². The van der Waals surface area contributed by atoms with Gasteiger partial charge in [-0.15, -0.1) is 0 Å². The summed E-state index contributed by atoms with van der Waals surface area (Å²) in [4.78, 5) is 13.9. The van der Waals surface area contributed by atoms with Crippen LogP contribution in [0.4, 0.5) is 5.69 Å². The summed E-state index contributed by atoms with van der Waals surface area (Å²) in [6.07, 6.45) is 0. The van der Waals surface area contributed by atoms with Crippen LogP contribution in [0.1, 0.15) is 15.9 Å². The molecule has 0 aliphatic rings. The fourth-order valence-corrected chi connectivity index (χ4v) is 2.11. The van der Waals surface area contributed by atoms with E-state index in [4.69, 9.17) is 5.73 Å². The van der Waals surface area contributed by atoms with Gasteiger partial charge in [-0.1, -0.05) is 28.1 Å².